The predicted molar refractivity (Wildman–Crippen MR) is 119 cm³/mol. The average molecular weight is 511 g/mol. The van der Waals surface area contributed by atoms with E-state index in [2.05, 4.69) is 10.3 Å². The molecule has 4 rings (SSSR count). The Kier molecular flexibility index (Phi) is 7.45. The molecular weight excluding hydrogens is 493 g/mol. The van der Waals surface area contributed by atoms with E-state index in [0.29, 0.717) is 16.5 Å². The molecule has 0 spiro atoms. The van der Waals surface area contributed by atoms with Gasteiger partial charge in [0, 0.05) is 36.2 Å². The number of nitrogens with zero attached hydrogens (tertiary/aromatic N) is 2. The van der Waals surface area contributed by atoms with E-state index in [4.69, 9.17) is 31.2 Å². The largest absolute Gasteiger partial charge is 0.382 e. The highest BCUT2D eigenvalue weighted by atomic mass is 35.5. The van der Waals surface area contributed by atoms with Gasteiger partial charge in [-0.2, -0.15) is 5.26 Å². The zero-order valence-electron chi connectivity index (χ0n) is 17.6. The molecule has 3 heterocycles. The van der Waals surface area contributed by atoms with Gasteiger partial charge in [0.2, 0.25) is 0 Å². The van der Waals surface area contributed by atoms with Gasteiger partial charge in [0.25, 0.3) is 0 Å². The Labute approximate surface area is 202 Å². The van der Waals surface area contributed by atoms with Crippen LogP contribution in [-0.4, -0.2) is 54.7 Å². The molecule has 1 aromatic heterocycles. The second kappa shape index (κ2) is 10.3. The van der Waals surface area contributed by atoms with Crippen molar-refractivity contribution in [2.24, 2.45) is 0 Å². The first-order valence-corrected chi connectivity index (χ1v) is 11.3. The SMILES string of the molecule is COC1C(Sc2cc(Cl)cnc2C#N)OC2COC2C1N/C=C(\C=N)c1cc(F)c(F)c(F)c1. The molecule has 0 bridgehead atoms. The normalized spacial score (nSPS) is 26.2. The maximum absolute atomic E-state index is 13.7. The topological polar surface area (TPSA) is 100 Å². The standard InChI is InChI=1S/C22H18ClF3N4O3S/c1-31-21-19(30-7-11(5-27)10-2-13(24)18(26)14(25)3-10)20-16(9-32-20)33-22(21)34-17-4-12(23)8-29-15(17)6-28/h2-5,7-8,16,19-22,27,30H,9H2,1H3/b11-7+,27-5?. The molecule has 1 aromatic carbocycles. The van der Waals surface area contributed by atoms with Gasteiger partial charge in [-0.3, -0.25) is 0 Å². The Bertz CT molecular complexity index is 1160. The molecule has 0 radical (unpaired) electrons. The minimum atomic E-state index is -1.58. The number of methoxy groups -OCH3 is 1. The predicted octanol–water partition coefficient (Wildman–Crippen LogP) is 3.90. The highest BCUT2D eigenvalue weighted by Crippen LogP contribution is 2.40. The van der Waals surface area contributed by atoms with Crippen molar-refractivity contribution in [1.82, 2.24) is 10.3 Å². The molecule has 2 N–H and O–H groups in total. The maximum atomic E-state index is 13.7. The summed E-state index contributed by atoms with van der Waals surface area (Å²) in [5.41, 5.74) is -0.279. The van der Waals surface area contributed by atoms with Crippen LogP contribution in [0.1, 0.15) is 11.3 Å². The van der Waals surface area contributed by atoms with E-state index >= 15 is 0 Å². The number of rotatable bonds is 7. The van der Waals surface area contributed by atoms with Gasteiger partial charge in [-0.1, -0.05) is 23.4 Å². The van der Waals surface area contributed by atoms with Gasteiger partial charge in [0.1, 0.15) is 29.8 Å². The van der Waals surface area contributed by atoms with Gasteiger partial charge in [-0.05, 0) is 23.8 Å². The molecule has 0 amide bonds. The number of nitrogens with one attached hydrogen (secondary N) is 2. The van der Waals surface area contributed by atoms with E-state index in [1.165, 1.54) is 31.3 Å². The number of hydrogen-bond acceptors (Lipinski definition) is 8. The third-order valence-corrected chi connectivity index (χ3v) is 6.83. The smallest absolute Gasteiger partial charge is 0.194 e. The second-order valence-corrected chi connectivity index (χ2v) is 9.04. The number of allylic oxidation sites excluding steroid dienone is 1. The van der Waals surface area contributed by atoms with Crippen LogP contribution in [0.15, 0.2) is 35.5 Å². The van der Waals surface area contributed by atoms with Gasteiger partial charge < -0.3 is 24.9 Å². The summed E-state index contributed by atoms with van der Waals surface area (Å²) in [4.78, 5) is 4.55. The molecule has 34 heavy (non-hydrogen) atoms. The fourth-order valence-corrected chi connectivity index (χ4v) is 5.21. The van der Waals surface area contributed by atoms with Crippen molar-refractivity contribution in [3.63, 3.8) is 0 Å². The first kappa shape index (κ1) is 24.5. The van der Waals surface area contributed by atoms with Crippen molar-refractivity contribution >= 4 is 35.2 Å². The molecule has 2 aliphatic heterocycles. The molecule has 12 heteroatoms. The molecule has 0 aliphatic carbocycles. The van der Waals surface area contributed by atoms with Crippen LogP contribution in [0, 0.1) is 34.2 Å². The third-order valence-electron chi connectivity index (χ3n) is 5.45. The van der Waals surface area contributed by atoms with Gasteiger partial charge in [-0.15, -0.1) is 0 Å². The van der Waals surface area contributed by atoms with Crippen molar-refractivity contribution in [1.29, 1.82) is 10.7 Å². The molecule has 2 saturated heterocycles. The molecule has 7 nitrogen and oxygen atoms in total. The summed E-state index contributed by atoms with van der Waals surface area (Å²) in [7, 11) is 1.49. The summed E-state index contributed by atoms with van der Waals surface area (Å²) in [6.45, 7) is 0.352. The summed E-state index contributed by atoms with van der Waals surface area (Å²) in [5.74, 6) is -4.29. The molecule has 2 aliphatic rings. The first-order chi connectivity index (χ1) is 16.4. The number of thioether (sulfide) groups is 1. The van der Waals surface area contributed by atoms with E-state index < -0.39 is 35.0 Å². The molecule has 5 unspecified atom stereocenters. The molecule has 0 saturated carbocycles. The monoisotopic (exact) mass is 510 g/mol. The van der Waals surface area contributed by atoms with E-state index in [1.54, 1.807) is 6.07 Å². The van der Waals surface area contributed by atoms with E-state index in [-0.39, 0.29) is 29.0 Å². The quantitative estimate of drug-likeness (QED) is 0.430. The zero-order chi connectivity index (χ0) is 24.4. The van der Waals surface area contributed by atoms with E-state index in [9.17, 15) is 18.4 Å². The van der Waals surface area contributed by atoms with Crippen LogP contribution in [0.3, 0.4) is 0 Å². The van der Waals surface area contributed by atoms with Crippen LogP contribution in [0.25, 0.3) is 5.57 Å². The number of ether oxygens (including phenoxy) is 3. The lowest BCUT2D eigenvalue weighted by atomic mass is 9.93. The summed E-state index contributed by atoms with van der Waals surface area (Å²) >= 11 is 7.28. The van der Waals surface area contributed by atoms with E-state index in [1.807, 2.05) is 6.07 Å². The lowest BCUT2D eigenvalue weighted by molar-refractivity contribution is -0.258. The summed E-state index contributed by atoms with van der Waals surface area (Å²) in [5, 5.41) is 20.5. The number of fused-ring (bicyclic) bond motifs is 1. The zero-order valence-corrected chi connectivity index (χ0v) is 19.2. The number of aromatic nitrogens is 1. The van der Waals surface area contributed by atoms with Crippen LogP contribution in [-0.2, 0) is 14.2 Å². The Morgan fingerprint density at radius 1 is 1.35 bits per heavy atom. The number of pyridine rings is 1. The lowest BCUT2D eigenvalue weighted by Gasteiger charge is -2.51. The van der Waals surface area contributed by atoms with Crippen LogP contribution >= 0.6 is 23.4 Å². The molecule has 178 valence electrons. The van der Waals surface area contributed by atoms with Crippen LogP contribution < -0.4 is 5.32 Å². The minimum absolute atomic E-state index is 0.0133. The van der Waals surface area contributed by atoms with Gasteiger partial charge in [0.15, 0.2) is 23.1 Å². The Hall–Kier alpha value is -2.62. The first-order valence-electron chi connectivity index (χ1n) is 10.00. The van der Waals surface area contributed by atoms with Crippen LogP contribution in [0.5, 0.6) is 0 Å². The van der Waals surface area contributed by atoms with Crippen molar-refractivity contribution in [2.45, 2.75) is 34.7 Å². The third kappa shape index (κ3) is 4.78. The average Bonchev–Trinajstić information content (AvgIpc) is 2.80. The minimum Gasteiger partial charge on any atom is -0.382 e. The van der Waals surface area contributed by atoms with Crippen molar-refractivity contribution in [3.8, 4) is 6.07 Å². The Morgan fingerprint density at radius 3 is 2.68 bits per heavy atom. The number of halogens is 4. The fraction of sp³-hybridized carbons (Fsp3) is 0.318. The molecule has 2 fully saturated rings. The molecule has 2 aromatic rings. The van der Waals surface area contributed by atoms with Gasteiger partial charge >= 0.3 is 0 Å². The summed E-state index contributed by atoms with van der Waals surface area (Å²) in [6.07, 6.45) is 2.41. The highest BCUT2D eigenvalue weighted by Gasteiger charge is 2.52. The summed E-state index contributed by atoms with van der Waals surface area (Å²) < 4.78 is 58.2. The van der Waals surface area contributed by atoms with Crippen molar-refractivity contribution < 1.29 is 27.4 Å². The maximum Gasteiger partial charge on any atom is 0.194 e. The Balaban J connectivity index is 1.60. The Morgan fingerprint density at radius 2 is 2.09 bits per heavy atom. The highest BCUT2D eigenvalue weighted by molar-refractivity contribution is 7.99. The lowest BCUT2D eigenvalue weighted by Crippen LogP contribution is -2.68. The second-order valence-electron chi connectivity index (χ2n) is 7.46. The van der Waals surface area contributed by atoms with Crippen molar-refractivity contribution in [2.75, 3.05) is 13.7 Å². The molecular formula is C22H18ClF3N4O3S. The number of hydrogen-bond donors (Lipinski definition) is 2. The van der Waals surface area contributed by atoms with Crippen LogP contribution in [0.4, 0.5) is 13.2 Å². The number of nitriles is 1. The van der Waals surface area contributed by atoms with E-state index in [0.717, 1.165) is 18.3 Å². The fourth-order valence-electron chi connectivity index (χ4n) is 3.72. The van der Waals surface area contributed by atoms with Gasteiger partial charge in [-0.25, -0.2) is 18.2 Å². The molecule has 5 atom stereocenters. The van der Waals surface area contributed by atoms with Gasteiger partial charge in [0.05, 0.1) is 17.7 Å². The van der Waals surface area contributed by atoms with Crippen LogP contribution in [0.2, 0.25) is 5.02 Å². The van der Waals surface area contributed by atoms with Crippen molar-refractivity contribution in [3.05, 3.63) is 64.3 Å². The number of benzene rings is 1. The summed E-state index contributed by atoms with van der Waals surface area (Å²) in [6, 6.07) is 4.78.